The number of hydrogen-bond acceptors (Lipinski definition) is 3. The molecule has 0 saturated heterocycles. The lowest BCUT2D eigenvalue weighted by molar-refractivity contribution is -0.142. The Bertz CT molecular complexity index is 1290. The second kappa shape index (κ2) is 7.43. The quantitative estimate of drug-likeness (QED) is 0.306. The van der Waals surface area contributed by atoms with Crippen LogP contribution in [0.5, 0.6) is 0 Å². The number of fused-ring (bicyclic) bond motifs is 1. The fraction of sp³-hybridized carbons (Fsp3) is 0.0952. The summed E-state index contributed by atoms with van der Waals surface area (Å²) in [6.45, 7) is 0. The molecule has 0 radical (unpaired) electrons. The van der Waals surface area contributed by atoms with E-state index in [0.29, 0.717) is 10.1 Å². The lowest BCUT2D eigenvalue weighted by Gasteiger charge is -2.12. The lowest BCUT2D eigenvalue weighted by atomic mass is 10.1. The minimum Gasteiger partial charge on any atom is -0.265 e. The van der Waals surface area contributed by atoms with Crippen molar-refractivity contribution in [1.29, 1.82) is 0 Å². The Labute approximate surface area is 171 Å². The monoisotopic (exact) mass is 432 g/mol. The number of alkyl halides is 6. The van der Waals surface area contributed by atoms with Gasteiger partial charge in [0.25, 0.3) is 0 Å². The second-order valence-corrected chi connectivity index (χ2v) is 6.38. The van der Waals surface area contributed by atoms with Crippen molar-refractivity contribution in [2.24, 2.45) is 0 Å². The fourth-order valence-electron chi connectivity index (χ4n) is 2.81. The first-order valence-corrected chi connectivity index (χ1v) is 8.68. The molecular formula is C21H10F6N4. The van der Waals surface area contributed by atoms with E-state index in [1.807, 2.05) is 0 Å². The number of rotatable bonds is 1. The summed E-state index contributed by atoms with van der Waals surface area (Å²) in [6, 6.07) is 7.70. The molecule has 0 unspecified atom stereocenters. The van der Waals surface area contributed by atoms with Gasteiger partial charge in [0.1, 0.15) is 0 Å². The first kappa shape index (κ1) is 20.4. The molecule has 4 rings (SSSR count). The smallest absolute Gasteiger partial charge is 0.265 e. The highest BCUT2D eigenvalue weighted by molar-refractivity contribution is 5.67. The van der Waals surface area contributed by atoms with Crippen LogP contribution in [-0.2, 0) is 12.4 Å². The number of aromatic nitrogens is 4. The predicted molar refractivity (Wildman–Crippen MR) is 98.6 cm³/mol. The summed E-state index contributed by atoms with van der Waals surface area (Å²) in [7, 11) is 0. The van der Waals surface area contributed by atoms with Gasteiger partial charge in [0.2, 0.25) is 0 Å². The number of pyridine rings is 1. The van der Waals surface area contributed by atoms with Crippen LogP contribution < -0.4 is 0 Å². The Morgan fingerprint density at radius 2 is 1.48 bits per heavy atom. The zero-order valence-electron chi connectivity index (χ0n) is 15.3. The van der Waals surface area contributed by atoms with Crippen LogP contribution in [0.1, 0.15) is 22.4 Å². The van der Waals surface area contributed by atoms with Gasteiger partial charge < -0.3 is 0 Å². The molecule has 31 heavy (non-hydrogen) atoms. The molecule has 4 nitrogen and oxygen atoms in total. The lowest BCUT2D eigenvalue weighted by Crippen LogP contribution is -2.13. The summed E-state index contributed by atoms with van der Waals surface area (Å²) >= 11 is 0. The average molecular weight is 432 g/mol. The van der Waals surface area contributed by atoms with Crippen molar-refractivity contribution in [2.45, 2.75) is 12.4 Å². The summed E-state index contributed by atoms with van der Waals surface area (Å²) < 4.78 is 79.8. The van der Waals surface area contributed by atoms with Crippen LogP contribution in [0.25, 0.3) is 16.9 Å². The van der Waals surface area contributed by atoms with Gasteiger partial charge in [0.05, 0.1) is 23.0 Å². The average Bonchev–Trinajstić information content (AvgIpc) is 3.14. The van der Waals surface area contributed by atoms with Gasteiger partial charge in [-0.15, -0.1) is 0 Å². The Balaban J connectivity index is 1.86. The predicted octanol–water partition coefficient (Wildman–Crippen LogP) is 5.23. The highest BCUT2D eigenvalue weighted by atomic mass is 19.4. The zero-order valence-corrected chi connectivity index (χ0v) is 15.3. The van der Waals surface area contributed by atoms with Gasteiger partial charge in [-0.1, -0.05) is 24.0 Å². The van der Waals surface area contributed by atoms with Crippen LogP contribution in [0.3, 0.4) is 0 Å². The van der Waals surface area contributed by atoms with Gasteiger partial charge in [0, 0.05) is 23.5 Å². The Morgan fingerprint density at radius 1 is 0.806 bits per heavy atom. The number of hydrogen-bond donors (Lipinski definition) is 0. The molecule has 0 spiro atoms. The van der Waals surface area contributed by atoms with E-state index in [4.69, 9.17) is 0 Å². The fourth-order valence-corrected chi connectivity index (χ4v) is 2.81. The van der Waals surface area contributed by atoms with Crippen molar-refractivity contribution in [2.75, 3.05) is 0 Å². The van der Waals surface area contributed by atoms with Crippen molar-refractivity contribution < 1.29 is 26.3 Å². The third kappa shape index (κ3) is 4.21. The summed E-state index contributed by atoms with van der Waals surface area (Å²) in [5.74, 6) is 5.52. The van der Waals surface area contributed by atoms with Crippen molar-refractivity contribution in [1.82, 2.24) is 19.6 Å². The molecule has 4 aromatic rings. The van der Waals surface area contributed by atoms with Crippen molar-refractivity contribution in [3.63, 3.8) is 0 Å². The largest absolute Gasteiger partial charge is 0.433 e. The Kier molecular flexibility index (Phi) is 4.89. The van der Waals surface area contributed by atoms with E-state index in [1.54, 1.807) is 12.1 Å². The van der Waals surface area contributed by atoms with E-state index in [0.717, 1.165) is 36.5 Å². The van der Waals surface area contributed by atoms with Crippen LogP contribution in [0, 0.1) is 11.8 Å². The minimum atomic E-state index is -4.77. The highest BCUT2D eigenvalue weighted by Gasteiger charge is 2.36. The Morgan fingerprint density at radius 3 is 2.10 bits per heavy atom. The van der Waals surface area contributed by atoms with Gasteiger partial charge >= 0.3 is 12.4 Å². The molecule has 0 aliphatic rings. The summed E-state index contributed by atoms with van der Waals surface area (Å²) in [5.41, 5.74) is -1.53. The van der Waals surface area contributed by atoms with E-state index in [-0.39, 0.29) is 22.5 Å². The molecule has 0 saturated carbocycles. The van der Waals surface area contributed by atoms with Gasteiger partial charge in [0.15, 0.2) is 11.3 Å². The molecule has 3 heterocycles. The summed E-state index contributed by atoms with van der Waals surface area (Å²) in [4.78, 5) is 8.04. The standard InChI is InChI=1S/C21H10F6N4/c22-20(23,24)16-5-3-14(4-6-16)17-11-18(21(25,26)27)31-19(30-17)15(12-29-31)2-1-13-7-9-28-10-8-13/h3-12H. The molecular weight excluding hydrogens is 422 g/mol. The van der Waals surface area contributed by atoms with Gasteiger partial charge in [-0.05, 0) is 30.3 Å². The van der Waals surface area contributed by atoms with Crippen LogP contribution in [0.2, 0.25) is 0 Å². The maximum absolute atomic E-state index is 13.6. The van der Waals surface area contributed by atoms with E-state index >= 15 is 0 Å². The molecule has 0 aliphatic heterocycles. The summed E-state index contributed by atoms with van der Waals surface area (Å²) in [6.07, 6.45) is -5.15. The van der Waals surface area contributed by atoms with Gasteiger partial charge in [-0.2, -0.15) is 31.4 Å². The molecule has 0 bridgehead atoms. The van der Waals surface area contributed by atoms with Crippen molar-refractivity contribution in [3.8, 4) is 23.1 Å². The SMILES string of the molecule is FC(F)(F)c1ccc(-c2cc(C(F)(F)F)n3ncc(C#Cc4ccncc4)c3n2)cc1. The van der Waals surface area contributed by atoms with Crippen LogP contribution >= 0.6 is 0 Å². The van der Waals surface area contributed by atoms with E-state index < -0.39 is 23.6 Å². The van der Waals surface area contributed by atoms with Crippen molar-refractivity contribution >= 4 is 5.65 Å². The van der Waals surface area contributed by atoms with E-state index in [1.165, 1.54) is 12.4 Å². The highest BCUT2D eigenvalue weighted by Crippen LogP contribution is 2.34. The van der Waals surface area contributed by atoms with E-state index in [9.17, 15) is 26.3 Å². The molecule has 156 valence electrons. The molecule has 3 aromatic heterocycles. The molecule has 0 fully saturated rings. The third-order valence-electron chi connectivity index (χ3n) is 4.29. The zero-order chi connectivity index (χ0) is 22.2. The number of benzene rings is 1. The minimum absolute atomic E-state index is 0.0928. The van der Waals surface area contributed by atoms with Crippen LogP contribution in [-0.4, -0.2) is 19.6 Å². The number of nitrogens with zero attached hydrogens (tertiary/aromatic N) is 4. The second-order valence-electron chi connectivity index (χ2n) is 6.38. The maximum Gasteiger partial charge on any atom is 0.433 e. The Hall–Kier alpha value is -3.87. The number of halogens is 6. The van der Waals surface area contributed by atoms with Crippen LogP contribution in [0.4, 0.5) is 26.3 Å². The molecule has 1 aromatic carbocycles. The van der Waals surface area contributed by atoms with Gasteiger partial charge in [-0.3, -0.25) is 4.98 Å². The maximum atomic E-state index is 13.6. The third-order valence-corrected chi connectivity index (χ3v) is 4.29. The van der Waals surface area contributed by atoms with Gasteiger partial charge in [-0.25, -0.2) is 9.50 Å². The van der Waals surface area contributed by atoms with Crippen molar-refractivity contribution in [3.05, 3.63) is 83.4 Å². The first-order chi connectivity index (χ1) is 14.6. The molecule has 0 aliphatic carbocycles. The summed E-state index contributed by atoms with van der Waals surface area (Å²) in [5, 5.41) is 3.75. The molecule has 0 amide bonds. The van der Waals surface area contributed by atoms with Crippen LogP contribution in [0.15, 0.2) is 61.1 Å². The normalized spacial score (nSPS) is 11.9. The first-order valence-electron chi connectivity index (χ1n) is 8.68. The molecule has 10 heteroatoms. The topological polar surface area (TPSA) is 43.1 Å². The molecule has 0 atom stereocenters. The van der Waals surface area contributed by atoms with E-state index in [2.05, 4.69) is 26.9 Å². The molecule has 0 N–H and O–H groups in total.